The first kappa shape index (κ1) is 15.2. The van der Waals surface area contributed by atoms with Gasteiger partial charge in [0.25, 0.3) is 0 Å². The molecule has 106 valence electrons. The number of rotatable bonds is 5. The number of aromatic nitrogens is 1. The molecule has 1 rings (SSSR count). The predicted octanol–water partition coefficient (Wildman–Crippen LogP) is 2.71. The number of anilines is 1. The van der Waals surface area contributed by atoms with E-state index in [1.165, 1.54) is 19.9 Å². The molecule has 0 spiro atoms. The number of aryl methyl sites for hydroxylation is 2. The number of nitrogens with one attached hydrogen (secondary N) is 1. The molecule has 0 saturated heterocycles. The number of carboxylic acid groups (broad SMARTS) is 1. The van der Waals surface area contributed by atoms with Gasteiger partial charge < -0.3 is 10.4 Å². The third-order valence-corrected chi connectivity index (χ3v) is 2.38. The number of carboxylic acids is 1. The van der Waals surface area contributed by atoms with E-state index in [1.54, 1.807) is 0 Å². The minimum Gasteiger partial charge on any atom is -0.478 e. The smallest absolute Gasteiger partial charge is 0.339 e. The van der Waals surface area contributed by atoms with Crippen molar-refractivity contribution in [3.05, 3.63) is 23.0 Å². The average molecular weight is 280 g/mol. The Labute approximate surface area is 106 Å². The van der Waals surface area contributed by atoms with E-state index in [1.807, 2.05) is 5.32 Å². The third-order valence-electron chi connectivity index (χ3n) is 2.38. The molecule has 0 aromatic carbocycles. The monoisotopic (exact) mass is 280 g/mol. The molecular weight excluding hydrogens is 268 g/mol. The molecule has 4 nitrogen and oxygen atoms in total. The molecular formula is C11H12F4N2O2. The molecule has 0 atom stereocenters. The molecule has 1 aromatic rings. The Hall–Kier alpha value is -1.86. The zero-order valence-electron chi connectivity index (χ0n) is 10.2. The van der Waals surface area contributed by atoms with E-state index in [2.05, 4.69) is 4.98 Å². The Morgan fingerprint density at radius 2 is 2.05 bits per heavy atom. The van der Waals surface area contributed by atoms with Gasteiger partial charge >= 0.3 is 18.3 Å². The molecule has 0 aliphatic carbocycles. The zero-order valence-corrected chi connectivity index (χ0v) is 10.2. The van der Waals surface area contributed by atoms with Crippen LogP contribution in [0.25, 0.3) is 0 Å². The summed E-state index contributed by atoms with van der Waals surface area (Å²) in [5.41, 5.74) is 0.0502. The second-order valence-electron chi connectivity index (χ2n) is 3.99. The summed E-state index contributed by atoms with van der Waals surface area (Å²) in [5.74, 6) is -5.60. The number of alkyl halides is 4. The molecule has 19 heavy (non-hydrogen) atoms. The van der Waals surface area contributed by atoms with Crippen LogP contribution in [0, 0.1) is 13.8 Å². The Morgan fingerprint density at radius 1 is 1.47 bits per heavy atom. The lowest BCUT2D eigenvalue weighted by Gasteiger charge is -2.18. The van der Waals surface area contributed by atoms with Crippen LogP contribution in [0.1, 0.15) is 21.7 Å². The molecule has 8 heteroatoms. The molecule has 0 bridgehead atoms. The number of hydrogen-bond acceptors (Lipinski definition) is 3. The molecule has 1 heterocycles. The zero-order chi connectivity index (χ0) is 14.8. The first-order chi connectivity index (χ1) is 8.65. The van der Waals surface area contributed by atoms with Crippen molar-refractivity contribution in [2.75, 3.05) is 11.9 Å². The molecule has 2 N–H and O–H groups in total. The fourth-order valence-corrected chi connectivity index (χ4v) is 1.53. The Morgan fingerprint density at radius 3 is 2.53 bits per heavy atom. The maximum Gasteiger partial charge on any atom is 0.339 e. The molecule has 0 saturated carbocycles. The highest BCUT2D eigenvalue weighted by atomic mass is 19.3. The minimum absolute atomic E-state index is 0.121. The first-order valence-electron chi connectivity index (χ1n) is 5.26. The van der Waals surface area contributed by atoms with Gasteiger partial charge in [-0.15, -0.1) is 0 Å². The Kier molecular flexibility index (Phi) is 4.33. The second kappa shape index (κ2) is 5.41. The minimum atomic E-state index is -4.24. The van der Waals surface area contributed by atoms with Gasteiger partial charge in [0.2, 0.25) is 0 Å². The van der Waals surface area contributed by atoms with E-state index >= 15 is 0 Å². The molecule has 0 unspecified atom stereocenters. The van der Waals surface area contributed by atoms with Crippen LogP contribution in [0.2, 0.25) is 0 Å². The fourth-order valence-electron chi connectivity index (χ4n) is 1.53. The van der Waals surface area contributed by atoms with Crippen molar-refractivity contribution in [3.63, 3.8) is 0 Å². The van der Waals surface area contributed by atoms with Crippen molar-refractivity contribution in [1.82, 2.24) is 4.98 Å². The number of nitrogens with zero attached hydrogens (tertiary/aromatic N) is 1. The summed E-state index contributed by atoms with van der Waals surface area (Å²) < 4.78 is 49.6. The summed E-state index contributed by atoms with van der Waals surface area (Å²) in [6.45, 7) is 1.58. The number of hydrogen-bond donors (Lipinski definition) is 2. The van der Waals surface area contributed by atoms with E-state index in [-0.39, 0.29) is 16.9 Å². The maximum atomic E-state index is 12.8. The van der Waals surface area contributed by atoms with Crippen LogP contribution in [0.4, 0.5) is 23.2 Å². The number of halogens is 4. The SMILES string of the molecule is Cc1cc(NCC(F)(F)C(F)F)c(C(=O)O)c(C)n1. The predicted molar refractivity (Wildman–Crippen MR) is 60.1 cm³/mol. The van der Waals surface area contributed by atoms with Crippen molar-refractivity contribution >= 4 is 11.7 Å². The largest absolute Gasteiger partial charge is 0.478 e. The quantitative estimate of drug-likeness (QED) is 0.814. The lowest BCUT2D eigenvalue weighted by molar-refractivity contribution is -0.117. The van der Waals surface area contributed by atoms with E-state index in [0.717, 1.165) is 0 Å². The van der Waals surface area contributed by atoms with Crippen LogP contribution in [-0.2, 0) is 0 Å². The van der Waals surface area contributed by atoms with Crippen molar-refractivity contribution in [3.8, 4) is 0 Å². The number of pyridine rings is 1. The van der Waals surface area contributed by atoms with Crippen LogP contribution in [0.5, 0.6) is 0 Å². The van der Waals surface area contributed by atoms with Gasteiger partial charge in [0.15, 0.2) is 0 Å². The van der Waals surface area contributed by atoms with E-state index in [4.69, 9.17) is 5.11 Å². The van der Waals surface area contributed by atoms with Crippen molar-refractivity contribution in [1.29, 1.82) is 0 Å². The third kappa shape index (κ3) is 3.55. The van der Waals surface area contributed by atoms with Crippen LogP contribution >= 0.6 is 0 Å². The average Bonchev–Trinajstić information content (AvgIpc) is 2.24. The normalized spacial score (nSPS) is 11.7. The van der Waals surface area contributed by atoms with Gasteiger partial charge in [-0.05, 0) is 19.9 Å². The highest BCUT2D eigenvalue weighted by molar-refractivity contribution is 5.95. The topological polar surface area (TPSA) is 62.2 Å². The second-order valence-corrected chi connectivity index (χ2v) is 3.99. The number of aromatic carboxylic acids is 1. The molecule has 0 aliphatic rings. The van der Waals surface area contributed by atoms with Crippen molar-refractivity contribution in [2.45, 2.75) is 26.2 Å². The lowest BCUT2D eigenvalue weighted by Crippen LogP contribution is -2.35. The van der Waals surface area contributed by atoms with Gasteiger partial charge in [0.05, 0.1) is 17.9 Å². The van der Waals surface area contributed by atoms with Crippen molar-refractivity contribution in [2.24, 2.45) is 0 Å². The summed E-state index contributed by atoms with van der Waals surface area (Å²) in [4.78, 5) is 14.9. The van der Waals surface area contributed by atoms with Crippen LogP contribution < -0.4 is 5.32 Å². The first-order valence-corrected chi connectivity index (χ1v) is 5.26. The summed E-state index contributed by atoms with van der Waals surface area (Å²) >= 11 is 0. The van der Waals surface area contributed by atoms with E-state index in [0.29, 0.717) is 5.69 Å². The van der Waals surface area contributed by atoms with Crippen molar-refractivity contribution < 1.29 is 27.5 Å². The highest BCUT2D eigenvalue weighted by Gasteiger charge is 2.40. The molecule has 0 amide bonds. The van der Waals surface area contributed by atoms with Crippen LogP contribution in [0.15, 0.2) is 6.07 Å². The van der Waals surface area contributed by atoms with Gasteiger partial charge in [-0.3, -0.25) is 4.98 Å². The molecule has 0 radical (unpaired) electrons. The highest BCUT2D eigenvalue weighted by Crippen LogP contribution is 2.25. The van der Waals surface area contributed by atoms with Crippen LogP contribution in [-0.4, -0.2) is 35.0 Å². The summed E-state index contributed by atoms with van der Waals surface area (Å²) in [5, 5.41) is 11.0. The van der Waals surface area contributed by atoms with Gasteiger partial charge in [0, 0.05) is 5.69 Å². The summed E-state index contributed by atoms with van der Waals surface area (Å²) in [7, 11) is 0. The van der Waals surface area contributed by atoms with Gasteiger partial charge in [-0.1, -0.05) is 0 Å². The van der Waals surface area contributed by atoms with Gasteiger partial charge in [-0.2, -0.15) is 8.78 Å². The van der Waals surface area contributed by atoms with Gasteiger partial charge in [0.1, 0.15) is 5.56 Å². The molecule has 1 aromatic heterocycles. The molecule has 0 aliphatic heterocycles. The maximum absolute atomic E-state index is 12.8. The van der Waals surface area contributed by atoms with E-state index in [9.17, 15) is 22.4 Å². The Bertz CT molecular complexity index is 492. The van der Waals surface area contributed by atoms with E-state index < -0.39 is 24.9 Å². The van der Waals surface area contributed by atoms with Crippen LogP contribution in [0.3, 0.4) is 0 Å². The summed E-state index contributed by atoms with van der Waals surface area (Å²) in [6, 6.07) is 1.22. The lowest BCUT2D eigenvalue weighted by atomic mass is 10.1. The summed E-state index contributed by atoms with van der Waals surface area (Å²) in [6.07, 6.45) is -3.82. The number of carbonyl (C=O) groups is 1. The Balaban J connectivity index is 3.04. The fraction of sp³-hybridized carbons (Fsp3) is 0.455. The van der Waals surface area contributed by atoms with Gasteiger partial charge in [-0.25, -0.2) is 13.6 Å². The molecule has 0 fully saturated rings. The standard InChI is InChI=1S/C11H12F4N2O2/c1-5-3-7(8(9(18)19)6(2)17-5)16-4-11(14,15)10(12)13/h3,10H,4H2,1-2H3,(H,16,17)(H,18,19).